The van der Waals surface area contributed by atoms with Crippen molar-refractivity contribution in [1.29, 1.82) is 0 Å². The second-order valence-corrected chi connectivity index (χ2v) is 10.8. The van der Waals surface area contributed by atoms with Gasteiger partial charge < -0.3 is 9.64 Å². The van der Waals surface area contributed by atoms with Crippen LogP contribution in [0.1, 0.15) is 62.2 Å². The highest BCUT2D eigenvalue weighted by molar-refractivity contribution is 5.89. The summed E-state index contributed by atoms with van der Waals surface area (Å²) in [5.41, 5.74) is 2.58. The van der Waals surface area contributed by atoms with Crippen molar-refractivity contribution in [2.24, 2.45) is 23.2 Å². The third-order valence-corrected chi connectivity index (χ3v) is 8.77. The zero-order valence-corrected chi connectivity index (χ0v) is 17.7. The third-order valence-electron chi connectivity index (χ3n) is 8.77. The van der Waals surface area contributed by atoms with Crippen LogP contribution in [0.2, 0.25) is 0 Å². The molecule has 4 aliphatic carbocycles. The van der Waals surface area contributed by atoms with E-state index in [1.807, 2.05) is 19.1 Å². The molecular formula is C25H34N2O2. The van der Waals surface area contributed by atoms with E-state index in [0.29, 0.717) is 23.6 Å². The maximum absolute atomic E-state index is 11.9. The monoisotopic (exact) mass is 394 g/mol. The van der Waals surface area contributed by atoms with Gasteiger partial charge in [-0.3, -0.25) is 4.90 Å². The van der Waals surface area contributed by atoms with Crippen LogP contribution in [-0.2, 0) is 4.74 Å². The van der Waals surface area contributed by atoms with Gasteiger partial charge in [0.15, 0.2) is 0 Å². The summed E-state index contributed by atoms with van der Waals surface area (Å²) in [4.78, 5) is 17.3. The van der Waals surface area contributed by atoms with Crippen molar-refractivity contribution in [3.05, 3.63) is 29.8 Å². The molecule has 1 aromatic carbocycles. The van der Waals surface area contributed by atoms with Crippen molar-refractivity contribution in [3.8, 4) is 0 Å². The largest absolute Gasteiger partial charge is 0.462 e. The highest BCUT2D eigenvalue weighted by atomic mass is 16.5. The number of hydrogen-bond acceptors (Lipinski definition) is 4. The lowest BCUT2D eigenvalue weighted by Gasteiger charge is -2.58. The summed E-state index contributed by atoms with van der Waals surface area (Å²) in [5, 5.41) is 0. The van der Waals surface area contributed by atoms with Crippen molar-refractivity contribution in [2.45, 2.75) is 64.0 Å². The molecule has 0 N–H and O–H groups in total. The molecule has 0 amide bonds. The van der Waals surface area contributed by atoms with Gasteiger partial charge in [0, 0.05) is 37.4 Å². The van der Waals surface area contributed by atoms with Crippen LogP contribution < -0.4 is 4.90 Å². The van der Waals surface area contributed by atoms with Gasteiger partial charge in [-0.2, -0.15) is 0 Å². The van der Waals surface area contributed by atoms with E-state index in [-0.39, 0.29) is 5.97 Å². The number of ether oxygens (including phenoxy) is 1. The van der Waals surface area contributed by atoms with Gasteiger partial charge in [-0.15, -0.1) is 0 Å². The van der Waals surface area contributed by atoms with Gasteiger partial charge >= 0.3 is 5.97 Å². The Morgan fingerprint density at radius 3 is 2.17 bits per heavy atom. The minimum absolute atomic E-state index is 0.219. The lowest BCUT2D eigenvalue weighted by Crippen LogP contribution is -2.55. The molecule has 6 fully saturated rings. The first kappa shape index (κ1) is 18.2. The fourth-order valence-electron chi connectivity index (χ4n) is 8.18. The zero-order chi connectivity index (χ0) is 19.6. The maximum Gasteiger partial charge on any atom is 0.338 e. The van der Waals surface area contributed by atoms with Gasteiger partial charge in [0.25, 0.3) is 0 Å². The highest BCUT2D eigenvalue weighted by Crippen LogP contribution is 2.60. The predicted octanol–water partition coefficient (Wildman–Crippen LogP) is 4.34. The Kier molecular flexibility index (Phi) is 4.23. The topological polar surface area (TPSA) is 32.8 Å². The van der Waals surface area contributed by atoms with Gasteiger partial charge in [-0.25, -0.2) is 4.79 Å². The van der Waals surface area contributed by atoms with Crippen molar-refractivity contribution < 1.29 is 9.53 Å². The Balaban J connectivity index is 1.11. The highest BCUT2D eigenvalue weighted by Gasteiger charge is 2.53. The Bertz CT molecular complexity index is 753. The Morgan fingerprint density at radius 1 is 0.966 bits per heavy atom. The van der Waals surface area contributed by atoms with Gasteiger partial charge in [-0.1, -0.05) is 0 Å². The number of carbonyl (C=O) groups is 1. The molecule has 2 unspecified atom stereocenters. The number of rotatable bonds is 5. The quantitative estimate of drug-likeness (QED) is 0.696. The van der Waals surface area contributed by atoms with E-state index in [2.05, 4.69) is 21.9 Å². The van der Waals surface area contributed by atoms with E-state index in [1.54, 1.807) is 19.3 Å². The molecule has 0 aromatic heterocycles. The summed E-state index contributed by atoms with van der Waals surface area (Å²) >= 11 is 0. The van der Waals surface area contributed by atoms with E-state index in [0.717, 1.165) is 30.3 Å². The summed E-state index contributed by atoms with van der Waals surface area (Å²) in [6.45, 7) is 6.02. The minimum atomic E-state index is -0.219. The van der Waals surface area contributed by atoms with E-state index >= 15 is 0 Å². The molecule has 0 radical (unpaired) electrons. The number of nitrogens with zero attached hydrogens (tertiary/aromatic N) is 2. The standard InChI is InChI=1S/C25H34N2O2/c1-2-29-24(28)20-3-5-21(6-4-20)27-15-22-10-23(27)14-26(22)16-25-11-17-7-18(12-25)9-19(8-17)13-25/h3-6,17-19,22-23H,2,7-16H2,1H3. The van der Waals surface area contributed by atoms with Crippen molar-refractivity contribution >= 4 is 11.7 Å². The molecule has 2 atom stereocenters. The Morgan fingerprint density at radius 2 is 1.62 bits per heavy atom. The molecule has 29 heavy (non-hydrogen) atoms. The molecule has 6 aliphatic rings. The first-order valence-electron chi connectivity index (χ1n) is 11.9. The second-order valence-electron chi connectivity index (χ2n) is 10.8. The molecule has 4 saturated carbocycles. The van der Waals surface area contributed by atoms with Crippen LogP contribution in [0.25, 0.3) is 0 Å². The second kappa shape index (κ2) is 6.73. The minimum Gasteiger partial charge on any atom is -0.462 e. The lowest BCUT2D eigenvalue weighted by atomic mass is 9.49. The first-order valence-corrected chi connectivity index (χ1v) is 11.9. The SMILES string of the molecule is CCOC(=O)c1ccc(N2CC3CC2CN3CC23CC4CC(CC(C4)C2)C3)cc1. The Labute approximate surface area is 174 Å². The van der Waals surface area contributed by atoms with E-state index in [1.165, 1.54) is 44.5 Å². The lowest BCUT2D eigenvalue weighted by molar-refractivity contribution is -0.0712. The average molecular weight is 395 g/mol. The van der Waals surface area contributed by atoms with Crippen LogP contribution in [0.3, 0.4) is 0 Å². The predicted molar refractivity (Wildman–Crippen MR) is 114 cm³/mol. The molecule has 1 aromatic rings. The molecular weight excluding hydrogens is 360 g/mol. The molecule has 156 valence electrons. The van der Waals surface area contributed by atoms with Crippen molar-refractivity contribution in [1.82, 2.24) is 4.90 Å². The van der Waals surface area contributed by atoms with Crippen LogP contribution in [0.15, 0.2) is 24.3 Å². The van der Waals surface area contributed by atoms with Crippen LogP contribution in [-0.4, -0.2) is 49.2 Å². The van der Waals surface area contributed by atoms with Crippen LogP contribution in [0.4, 0.5) is 5.69 Å². The van der Waals surface area contributed by atoms with Crippen molar-refractivity contribution in [2.75, 3.05) is 31.1 Å². The van der Waals surface area contributed by atoms with Gasteiger partial charge in [-0.05, 0) is 99.3 Å². The first-order chi connectivity index (χ1) is 14.1. The smallest absolute Gasteiger partial charge is 0.338 e. The van der Waals surface area contributed by atoms with Crippen LogP contribution >= 0.6 is 0 Å². The molecule has 4 heteroatoms. The number of carbonyl (C=O) groups excluding carboxylic acids is 1. The van der Waals surface area contributed by atoms with Crippen LogP contribution in [0.5, 0.6) is 0 Å². The van der Waals surface area contributed by atoms with E-state index in [4.69, 9.17) is 4.74 Å². The molecule has 2 heterocycles. The van der Waals surface area contributed by atoms with Crippen LogP contribution in [0, 0.1) is 23.2 Å². The number of fused-ring (bicyclic) bond motifs is 2. The summed E-state index contributed by atoms with van der Waals surface area (Å²) in [7, 11) is 0. The number of esters is 1. The van der Waals surface area contributed by atoms with Gasteiger partial charge in [0.05, 0.1) is 12.2 Å². The molecule has 4 nitrogen and oxygen atoms in total. The molecule has 2 aliphatic heterocycles. The fourth-order valence-corrected chi connectivity index (χ4v) is 8.18. The van der Waals surface area contributed by atoms with Crippen molar-refractivity contribution in [3.63, 3.8) is 0 Å². The summed E-state index contributed by atoms with van der Waals surface area (Å²) in [5.74, 6) is 2.94. The summed E-state index contributed by atoms with van der Waals surface area (Å²) in [6.07, 6.45) is 10.5. The molecule has 0 spiro atoms. The average Bonchev–Trinajstić information content (AvgIpc) is 3.27. The summed E-state index contributed by atoms with van der Waals surface area (Å²) < 4.78 is 5.11. The van der Waals surface area contributed by atoms with E-state index in [9.17, 15) is 4.79 Å². The fraction of sp³-hybridized carbons (Fsp3) is 0.720. The molecule has 7 rings (SSSR count). The normalized spacial score (nSPS) is 40.0. The number of piperazine rings is 1. The zero-order valence-electron chi connectivity index (χ0n) is 17.7. The molecule has 6 bridgehead atoms. The number of hydrogen-bond donors (Lipinski definition) is 0. The molecule has 2 saturated heterocycles. The number of benzene rings is 1. The van der Waals surface area contributed by atoms with Gasteiger partial charge in [0.1, 0.15) is 0 Å². The maximum atomic E-state index is 11.9. The third kappa shape index (κ3) is 3.10. The number of anilines is 1. The summed E-state index contributed by atoms with van der Waals surface area (Å²) in [6, 6.07) is 9.42. The van der Waals surface area contributed by atoms with E-state index < -0.39 is 0 Å². The Hall–Kier alpha value is -1.55. The van der Waals surface area contributed by atoms with Gasteiger partial charge in [0.2, 0.25) is 0 Å². The number of likely N-dealkylation sites (tertiary alicyclic amines) is 1.